The molecule has 1 rings (SSSR count). The van der Waals surface area contributed by atoms with E-state index in [0.29, 0.717) is 5.75 Å². The van der Waals surface area contributed by atoms with E-state index in [-0.39, 0.29) is 12.4 Å². The van der Waals surface area contributed by atoms with Crippen molar-refractivity contribution in [1.29, 1.82) is 0 Å². The van der Waals surface area contributed by atoms with Gasteiger partial charge < -0.3 is 9.84 Å². The van der Waals surface area contributed by atoms with Gasteiger partial charge in [-0.3, -0.25) is 4.79 Å². The van der Waals surface area contributed by atoms with E-state index in [0.717, 1.165) is 16.7 Å². The Morgan fingerprint density at radius 1 is 1.41 bits per heavy atom. The van der Waals surface area contributed by atoms with Crippen molar-refractivity contribution in [3.8, 4) is 5.75 Å². The first-order valence-corrected chi connectivity index (χ1v) is 5.77. The smallest absolute Gasteiger partial charge is 0.195 e. The lowest BCUT2D eigenvalue weighted by Crippen LogP contribution is -2.14. The molecule has 0 saturated carbocycles. The fourth-order valence-electron chi connectivity index (χ4n) is 1.57. The fourth-order valence-corrected chi connectivity index (χ4v) is 1.71. The van der Waals surface area contributed by atoms with E-state index < -0.39 is 6.61 Å². The van der Waals surface area contributed by atoms with Crippen molar-refractivity contribution in [2.75, 3.05) is 13.2 Å². The Morgan fingerprint density at radius 3 is 2.47 bits per heavy atom. The van der Waals surface area contributed by atoms with Gasteiger partial charge in [-0.25, -0.2) is 0 Å². The molecular weight excluding hydrogens is 236 g/mol. The summed E-state index contributed by atoms with van der Waals surface area (Å²) in [6.07, 6.45) is 1.91. The maximum absolute atomic E-state index is 10.9. The van der Waals surface area contributed by atoms with Gasteiger partial charge in [0.1, 0.15) is 19.0 Å². The monoisotopic (exact) mass is 252 g/mol. The minimum absolute atomic E-state index is 0.100. The highest BCUT2D eigenvalue weighted by atomic mass is 32.1. The number of thiol groups is 1. The van der Waals surface area contributed by atoms with E-state index >= 15 is 0 Å². The number of carbonyl (C=O) groups is 1. The van der Waals surface area contributed by atoms with Gasteiger partial charge in [-0.15, -0.1) is 0 Å². The molecule has 0 aliphatic heterocycles. The van der Waals surface area contributed by atoms with Gasteiger partial charge in [0.15, 0.2) is 5.78 Å². The number of ether oxygens (including phenoxy) is 1. The van der Waals surface area contributed by atoms with Crippen LogP contribution in [0.3, 0.4) is 0 Å². The van der Waals surface area contributed by atoms with Crippen molar-refractivity contribution in [3.63, 3.8) is 0 Å². The van der Waals surface area contributed by atoms with Crippen LogP contribution in [0.2, 0.25) is 0 Å². The summed E-state index contributed by atoms with van der Waals surface area (Å²) < 4.78 is 5.30. The summed E-state index contributed by atoms with van der Waals surface area (Å²) in [6.45, 7) is 3.35. The Kier molecular flexibility index (Phi) is 5.25. The maximum atomic E-state index is 10.9. The first kappa shape index (κ1) is 13.8. The number of carbonyl (C=O) groups excluding carboxylic acids is 1. The first-order chi connectivity index (χ1) is 8.08. The Hall–Kier alpha value is -1.26. The van der Waals surface area contributed by atoms with Gasteiger partial charge in [0.25, 0.3) is 0 Å². The normalized spacial score (nSPS) is 10.8. The molecule has 0 aliphatic rings. The molecule has 1 aromatic rings. The third-order valence-corrected chi connectivity index (χ3v) is 2.53. The lowest BCUT2D eigenvalue weighted by Gasteiger charge is -2.10. The number of aliphatic hydroxyl groups is 1. The SMILES string of the molecule is Cc1cc(OCC(=O)CO)cc(C)c1/C=C/S. The highest BCUT2D eigenvalue weighted by Crippen LogP contribution is 2.23. The molecule has 0 bridgehead atoms. The van der Waals surface area contributed by atoms with Crippen LogP contribution in [0.5, 0.6) is 5.75 Å². The molecule has 4 heteroatoms. The summed E-state index contributed by atoms with van der Waals surface area (Å²) in [4.78, 5) is 10.9. The van der Waals surface area contributed by atoms with Crippen molar-refractivity contribution in [1.82, 2.24) is 0 Å². The van der Waals surface area contributed by atoms with Gasteiger partial charge in [0.2, 0.25) is 0 Å². The molecule has 92 valence electrons. The quantitative estimate of drug-likeness (QED) is 0.789. The van der Waals surface area contributed by atoms with E-state index in [4.69, 9.17) is 9.84 Å². The van der Waals surface area contributed by atoms with Gasteiger partial charge in [0, 0.05) is 0 Å². The number of hydrogen-bond acceptors (Lipinski definition) is 4. The average molecular weight is 252 g/mol. The second-order valence-electron chi connectivity index (χ2n) is 3.77. The number of Topliss-reactive ketones (excluding diaryl/α,β-unsaturated/α-hetero) is 1. The van der Waals surface area contributed by atoms with Crippen LogP contribution in [0, 0.1) is 13.8 Å². The second kappa shape index (κ2) is 6.47. The highest BCUT2D eigenvalue weighted by Gasteiger charge is 2.05. The zero-order valence-electron chi connectivity index (χ0n) is 9.93. The molecule has 0 saturated heterocycles. The third-order valence-electron chi connectivity index (χ3n) is 2.38. The minimum atomic E-state index is -0.488. The number of aryl methyl sites for hydroxylation is 2. The molecule has 0 radical (unpaired) electrons. The number of hydrogen-bond donors (Lipinski definition) is 2. The molecule has 0 fully saturated rings. The van der Waals surface area contributed by atoms with Crippen molar-refractivity contribution in [2.45, 2.75) is 13.8 Å². The van der Waals surface area contributed by atoms with E-state index in [1.807, 2.05) is 32.1 Å². The van der Waals surface area contributed by atoms with E-state index in [2.05, 4.69) is 12.6 Å². The molecule has 0 heterocycles. The Balaban J connectivity index is 2.87. The van der Waals surface area contributed by atoms with Gasteiger partial charge >= 0.3 is 0 Å². The summed E-state index contributed by atoms with van der Waals surface area (Å²) in [6, 6.07) is 3.72. The topological polar surface area (TPSA) is 46.5 Å². The van der Waals surface area contributed by atoms with Gasteiger partial charge in [-0.05, 0) is 54.2 Å². The molecule has 3 nitrogen and oxygen atoms in total. The van der Waals surface area contributed by atoms with Crippen LogP contribution in [0.15, 0.2) is 17.5 Å². The van der Waals surface area contributed by atoms with Crippen molar-refractivity contribution in [2.24, 2.45) is 0 Å². The molecule has 1 aromatic carbocycles. The van der Waals surface area contributed by atoms with Crippen molar-refractivity contribution in [3.05, 3.63) is 34.2 Å². The Labute approximate surface area is 107 Å². The van der Waals surface area contributed by atoms with E-state index in [1.54, 1.807) is 5.41 Å². The van der Waals surface area contributed by atoms with E-state index in [1.165, 1.54) is 0 Å². The summed E-state index contributed by atoms with van der Waals surface area (Å²) in [5.74, 6) is 0.303. The maximum Gasteiger partial charge on any atom is 0.195 e. The summed E-state index contributed by atoms with van der Waals surface area (Å²) >= 11 is 4.05. The molecule has 0 amide bonds. The highest BCUT2D eigenvalue weighted by molar-refractivity contribution is 7.83. The first-order valence-electron chi connectivity index (χ1n) is 5.26. The average Bonchev–Trinajstić information content (AvgIpc) is 2.30. The molecule has 0 atom stereocenters. The van der Waals surface area contributed by atoms with Crippen LogP contribution in [0.25, 0.3) is 6.08 Å². The largest absolute Gasteiger partial charge is 0.486 e. The lowest BCUT2D eigenvalue weighted by molar-refractivity contribution is -0.123. The van der Waals surface area contributed by atoms with Gasteiger partial charge in [-0.1, -0.05) is 0 Å². The number of ketones is 1. The fraction of sp³-hybridized carbons (Fsp3) is 0.308. The summed E-state index contributed by atoms with van der Waals surface area (Å²) in [7, 11) is 0. The predicted molar refractivity (Wildman–Crippen MR) is 71.5 cm³/mol. The van der Waals surface area contributed by atoms with Crippen molar-refractivity contribution >= 4 is 24.5 Å². The summed E-state index contributed by atoms with van der Waals surface area (Å²) in [5.41, 5.74) is 3.21. The minimum Gasteiger partial charge on any atom is -0.486 e. The van der Waals surface area contributed by atoms with Crippen LogP contribution in [-0.2, 0) is 4.79 Å². The molecule has 0 spiro atoms. The van der Waals surface area contributed by atoms with E-state index in [9.17, 15) is 4.79 Å². The van der Waals surface area contributed by atoms with Crippen LogP contribution < -0.4 is 4.74 Å². The molecule has 0 aromatic heterocycles. The second-order valence-corrected chi connectivity index (χ2v) is 4.07. The molecule has 0 aliphatic carbocycles. The lowest BCUT2D eigenvalue weighted by atomic mass is 10.0. The van der Waals surface area contributed by atoms with Crippen LogP contribution >= 0.6 is 12.6 Å². The number of rotatable bonds is 5. The summed E-state index contributed by atoms with van der Waals surface area (Å²) in [5, 5.41) is 10.3. The van der Waals surface area contributed by atoms with Crippen LogP contribution in [-0.4, -0.2) is 24.1 Å². The molecule has 1 N–H and O–H groups in total. The molecule has 17 heavy (non-hydrogen) atoms. The number of benzene rings is 1. The third kappa shape index (κ3) is 3.91. The molecular formula is C13H16O3S. The van der Waals surface area contributed by atoms with Gasteiger partial charge in [-0.2, -0.15) is 12.6 Å². The van der Waals surface area contributed by atoms with Crippen LogP contribution in [0.1, 0.15) is 16.7 Å². The predicted octanol–water partition coefficient (Wildman–Crippen LogP) is 2.14. The number of aliphatic hydroxyl groups excluding tert-OH is 1. The van der Waals surface area contributed by atoms with Gasteiger partial charge in [0.05, 0.1) is 0 Å². The Bertz CT molecular complexity index is 415. The standard InChI is InChI=1S/C13H16O3S/c1-9-5-12(16-8-11(15)7-14)6-10(2)13(9)3-4-17/h3-6,14,17H,7-8H2,1-2H3/b4-3+. The Morgan fingerprint density at radius 2 is 2.00 bits per heavy atom. The van der Waals surface area contributed by atoms with Crippen LogP contribution in [0.4, 0.5) is 0 Å². The zero-order valence-corrected chi connectivity index (χ0v) is 10.8. The molecule has 0 unspecified atom stereocenters. The van der Waals surface area contributed by atoms with Crippen molar-refractivity contribution < 1.29 is 14.6 Å². The zero-order chi connectivity index (χ0) is 12.8.